The number of benzene rings is 1. The van der Waals surface area contributed by atoms with Gasteiger partial charge in [-0.05, 0) is 69.8 Å². The van der Waals surface area contributed by atoms with Crippen LogP contribution in [0.4, 0.5) is 0 Å². The van der Waals surface area contributed by atoms with E-state index in [4.69, 9.17) is 4.74 Å². The Balaban J connectivity index is 2.65. The van der Waals surface area contributed by atoms with Gasteiger partial charge < -0.3 is 4.74 Å². The molecule has 0 aliphatic carbocycles. The van der Waals surface area contributed by atoms with Gasteiger partial charge in [0.15, 0.2) is 0 Å². The third kappa shape index (κ3) is 4.81. The SMILES string of the molecule is O=C(OCCC[Si])c1cc(I)cc(I)c1. The van der Waals surface area contributed by atoms with E-state index >= 15 is 0 Å². The van der Waals surface area contributed by atoms with Crippen molar-refractivity contribution in [1.82, 2.24) is 0 Å². The van der Waals surface area contributed by atoms with Crippen molar-refractivity contribution < 1.29 is 9.53 Å². The molecule has 0 heterocycles. The molecule has 0 N–H and O–H groups in total. The Kier molecular flexibility index (Phi) is 6.13. The highest BCUT2D eigenvalue weighted by Crippen LogP contribution is 2.15. The van der Waals surface area contributed by atoms with Crippen LogP contribution in [-0.4, -0.2) is 22.8 Å². The molecule has 0 fully saturated rings. The summed E-state index contributed by atoms with van der Waals surface area (Å²) in [5.41, 5.74) is 0.625. The fourth-order valence-corrected chi connectivity index (χ4v) is 3.07. The number of esters is 1. The van der Waals surface area contributed by atoms with Crippen molar-refractivity contribution in [3.63, 3.8) is 0 Å². The summed E-state index contributed by atoms with van der Waals surface area (Å²) in [7, 11) is 3.33. The molecule has 1 aromatic rings. The van der Waals surface area contributed by atoms with Gasteiger partial charge in [-0.3, -0.25) is 0 Å². The summed E-state index contributed by atoms with van der Waals surface area (Å²) in [5, 5.41) is 0. The summed E-state index contributed by atoms with van der Waals surface area (Å²) in [6.07, 6.45) is 0.837. The lowest BCUT2D eigenvalue weighted by atomic mass is 10.2. The van der Waals surface area contributed by atoms with E-state index in [0.717, 1.165) is 19.6 Å². The van der Waals surface area contributed by atoms with Gasteiger partial charge in [0.25, 0.3) is 0 Å². The molecule has 0 saturated heterocycles. The quantitative estimate of drug-likeness (QED) is 0.310. The molecular formula is C10H9I2O2Si. The van der Waals surface area contributed by atoms with E-state index in [0.29, 0.717) is 12.2 Å². The van der Waals surface area contributed by atoms with E-state index in [-0.39, 0.29) is 5.97 Å². The highest BCUT2D eigenvalue weighted by Gasteiger charge is 2.08. The van der Waals surface area contributed by atoms with Crippen molar-refractivity contribution in [2.75, 3.05) is 6.61 Å². The smallest absolute Gasteiger partial charge is 0.338 e. The Morgan fingerprint density at radius 2 is 1.87 bits per heavy atom. The summed E-state index contributed by atoms with van der Waals surface area (Å²) in [5.74, 6) is -0.244. The zero-order chi connectivity index (χ0) is 11.3. The lowest BCUT2D eigenvalue weighted by Crippen LogP contribution is -2.07. The van der Waals surface area contributed by atoms with Gasteiger partial charge in [0, 0.05) is 17.4 Å². The Labute approximate surface area is 120 Å². The van der Waals surface area contributed by atoms with Crippen LogP contribution in [0, 0.1) is 7.14 Å². The zero-order valence-corrected chi connectivity index (χ0v) is 13.2. The van der Waals surface area contributed by atoms with E-state index in [1.54, 1.807) is 0 Å². The van der Waals surface area contributed by atoms with Crippen LogP contribution in [0.25, 0.3) is 0 Å². The molecule has 1 aromatic carbocycles. The number of carbonyl (C=O) groups excluding carboxylic acids is 1. The molecular weight excluding hydrogens is 434 g/mol. The minimum atomic E-state index is -0.244. The van der Waals surface area contributed by atoms with E-state index in [1.165, 1.54) is 0 Å². The van der Waals surface area contributed by atoms with Gasteiger partial charge in [-0.15, -0.1) is 0 Å². The highest BCUT2D eigenvalue weighted by molar-refractivity contribution is 14.1. The summed E-state index contributed by atoms with van der Waals surface area (Å²) >= 11 is 4.38. The lowest BCUT2D eigenvalue weighted by molar-refractivity contribution is 0.0505. The molecule has 5 heteroatoms. The van der Waals surface area contributed by atoms with E-state index in [9.17, 15) is 4.79 Å². The predicted octanol–water partition coefficient (Wildman–Crippen LogP) is 3.03. The topological polar surface area (TPSA) is 26.3 Å². The molecule has 2 nitrogen and oxygen atoms in total. The second kappa shape index (κ2) is 6.84. The van der Waals surface area contributed by atoms with Crippen molar-refractivity contribution in [3.8, 4) is 0 Å². The van der Waals surface area contributed by atoms with Gasteiger partial charge in [-0.1, -0.05) is 6.04 Å². The van der Waals surface area contributed by atoms with Gasteiger partial charge in [0.1, 0.15) is 0 Å². The third-order valence-corrected chi connectivity index (χ3v) is 3.25. The first kappa shape index (κ1) is 13.4. The summed E-state index contributed by atoms with van der Waals surface area (Å²) < 4.78 is 7.20. The fraction of sp³-hybridized carbons (Fsp3) is 0.300. The predicted molar refractivity (Wildman–Crippen MR) is 77.3 cm³/mol. The Morgan fingerprint density at radius 3 is 2.40 bits per heavy atom. The molecule has 0 spiro atoms. The van der Waals surface area contributed by atoms with Crippen LogP contribution in [0.5, 0.6) is 0 Å². The van der Waals surface area contributed by atoms with Gasteiger partial charge >= 0.3 is 5.97 Å². The maximum Gasteiger partial charge on any atom is 0.338 e. The summed E-state index contributed by atoms with van der Waals surface area (Å²) in [6, 6.07) is 6.52. The molecule has 1 rings (SSSR count). The van der Waals surface area contributed by atoms with Crippen molar-refractivity contribution in [2.45, 2.75) is 12.5 Å². The van der Waals surface area contributed by atoms with Crippen LogP contribution in [0.2, 0.25) is 6.04 Å². The maximum atomic E-state index is 11.6. The highest BCUT2D eigenvalue weighted by atomic mass is 127. The van der Waals surface area contributed by atoms with Crippen LogP contribution in [0.3, 0.4) is 0 Å². The van der Waals surface area contributed by atoms with Crippen molar-refractivity contribution in [3.05, 3.63) is 30.9 Å². The van der Waals surface area contributed by atoms with E-state index < -0.39 is 0 Å². The van der Waals surface area contributed by atoms with Crippen LogP contribution in [-0.2, 0) is 4.74 Å². The number of carbonyl (C=O) groups is 1. The van der Waals surface area contributed by atoms with Gasteiger partial charge in [0.05, 0.1) is 12.2 Å². The number of halogens is 2. The average molecular weight is 443 g/mol. The first-order valence-corrected chi connectivity index (χ1v) is 7.28. The van der Waals surface area contributed by atoms with Gasteiger partial charge in [-0.2, -0.15) is 0 Å². The normalized spacial score (nSPS) is 10.1. The second-order valence-corrected chi connectivity index (χ2v) is 5.89. The number of hydrogen-bond acceptors (Lipinski definition) is 2. The van der Waals surface area contributed by atoms with Crippen molar-refractivity contribution in [2.24, 2.45) is 0 Å². The summed E-state index contributed by atoms with van der Waals surface area (Å²) in [4.78, 5) is 11.6. The molecule has 0 bridgehead atoms. The second-order valence-electron chi connectivity index (χ2n) is 2.90. The molecule has 0 atom stereocenters. The third-order valence-electron chi connectivity index (χ3n) is 1.65. The van der Waals surface area contributed by atoms with Crippen LogP contribution in [0.15, 0.2) is 18.2 Å². The van der Waals surface area contributed by atoms with Gasteiger partial charge in [0.2, 0.25) is 0 Å². The molecule has 0 aromatic heterocycles. The number of hydrogen-bond donors (Lipinski definition) is 0. The minimum absolute atomic E-state index is 0.244. The van der Waals surface area contributed by atoms with Crippen LogP contribution >= 0.6 is 45.2 Å². The Bertz CT molecular complexity index is 335. The summed E-state index contributed by atoms with van der Waals surface area (Å²) in [6.45, 7) is 0.463. The monoisotopic (exact) mass is 443 g/mol. The molecule has 0 aliphatic heterocycles. The lowest BCUT2D eigenvalue weighted by Gasteiger charge is -2.04. The molecule has 0 unspecified atom stereocenters. The first-order valence-electron chi connectivity index (χ1n) is 4.41. The van der Waals surface area contributed by atoms with Crippen molar-refractivity contribution >= 4 is 61.4 Å². The fourth-order valence-electron chi connectivity index (χ4n) is 0.992. The zero-order valence-electron chi connectivity index (χ0n) is 7.93. The Hall–Kier alpha value is 0.367. The van der Waals surface area contributed by atoms with E-state index in [1.807, 2.05) is 18.2 Å². The van der Waals surface area contributed by atoms with Crippen LogP contribution < -0.4 is 0 Å². The number of rotatable bonds is 4. The average Bonchev–Trinajstić information content (AvgIpc) is 2.16. The van der Waals surface area contributed by atoms with Crippen molar-refractivity contribution in [1.29, 1.82) is 0 Å². The molecule has 0 saturated carbocycles. The Morgan fingerprint density at radius 1 is 1.27 bits per heavy atom. The van der Waals surface area contributed by atoms with Gasteiger partial charge in [-0.25, -0.2) is 4.79 Å². The van der Waals surface area contributed by atoms with E-state index in [2.05, 4.69) is 55.4 Å². The first-order chi connectivity index (χ1) is 7.13. The van der Waals surface area contributed by atoms with Crippen LogP contribution in [0.1, 0.15) is 16.8 Å². The largest absolute Gasteiger partial charge is 0.462 e. The molecule has 0 aliphatic rings. The molecule has 0 amide bonds. The standard InChI is InChI=1S/C10H9I2O2Si/c11-8-4-7(5-9(12)6-8)10(13)14-2-1-3-15/h4-6H,1-3H2. The minimum Gasteiger partial charge on any atom is -0.462 e. The molecule has 15 heavy (non-hydrogen) atoms. The molecule has 79 valence electrons. The maximum absolute atomic E-state index is 11.6. The number of ether oxygens (including phenoxy) is 1. The molecule has 3 radical (unpaired) electrons.